The summed E-state index contributed by atoms with van der Waals surface area (Å²) in [4.78, 5) is 29.0. The Hall–Kier alpha value is -3.02. The highest BCUT2D eigenvalue weighted by molar-refractivity contribution is 6.08. The minimum Gasteiger partial charge on any atom is -0.497 e. The number of rotatable bonds is 2. The number of carbonyl (C=O) groups is 2. The average Bonchev–Trinajstić information content (AvgIpc) is 3.21. The van der Waals surface area contributed by atoms with Gasteiger partial charge in [0.15, 0.2) is 0 Å². The van der Waals surface area contributed by atoms with Gasteiger partial charge in [0.2, 0.25) is 5.91 Å². The fourth-order valence-electron chi connectivity index (χ4n) is 3.97. The third-order valence-electron chi connectivity index (χ3n) is 5.39. The van der Waals surface area contributed by atoms with Crippen molar-refractivity contribution in [3.05, 3.63) is 54.1 Å². The number of benzene rings is 2. The fraction of sp³-hybridized carbons (Fsp3) is 0.300. The lowest BCUT2D eigenvalue weighted by molar-refractivity contribution is -0.122. The van der Waals surface area contributed by atoms with E-state index in [1.807, 2.05) is 24.3 Å². The summed E-state index contributed by atoms with van der Waals surface area (Å²) in [5.74, 6) is 0.803. The zero-order chi connectivity index (χ0) is 18.3. The Kier molecular flexibility index (Phi) is 3.83. The quantitative estimate of drug-likeness (QED) is 0.905. The van der Waals surface area contributed by atoms with Crippen LogP contribution < -0.4 is 15.0 Å². The van der Waals surface area contributed by atoms with Crippen LogP contribution in [0, 0.1) is 0 Å². The zero-order valence-corrected chi connectivity index (χ0v) is 14.9. The van der Waals surface area contributed by atoms with E-state index in [-0.39, 0.29) is 11.9 Å². The molecule has 1 fully saturated rings. The first-order valence-electron chi connectivity index (χ1n) is 8.63. The maximum absolute atomic E-state index is 12.9. The normalized spacial score (nSPS) is 21.2. The van der Waals surface area contributed by atoms with Crippen LogP contribution in [-0.2, 0) is 10.2 Å². The number of para-hydroxylation sites is 1. The largest absolute Gasteiger partial charge is 0.497 e. The molecule has 2 aromatic carbocycles. The molecule has 1 atom stereocenters. The lowest BCUT2D eigenvalue weighted by atomic mass is 9.81. The highest BCUT2D eigenvalue weighted by atomic mass is 16.5. The van der Waals surface area contributed by atoms with Gasteiger partial charge in [0.05, 0.1) is 12.5 Å². The van der Waals surface area contributed by atoms with Crippen molar-refractivity contribution in [2.75, 3.05) is 37.5 Å². The Labute approximate surface area is 152 Å². The van der Waals surface area contributed by atoms with Crippen LogP contribution in [0.5, 0.6) is 5.75 Å². The average molecular weight is 351 g/mol. The number of carbonyl (C=O) groups excluding carboxylic acids is 2. The maximum Gasteiger partial charge on any atom is 0.321 e. The molecule has 0 aliphatic carbocycles. The van der Waals surface area contributed by atoms with Crippen molar-refractivity contribution in [3.63, 3.8) is 0 Å². The van der Waals surface area contributed by atoms with Gasteiger partial charge in [-0.1, -0.05) is 18.2 Å². The van der Waals surface area contributed by atoms with E-state index in [1.165, 1.54) is 0 Å². The van der Waals surface area contributed by atoms with Gasteiger partial charge in [0, 0.05) is 31.5 Å². The predicted molar refractivity (Wildman–Crippen MR) is 99.7 cm³/mol. The second-order valence-electron chi connectivity index (χ2n) is 6.79. The molecule has 0 saturated carbocycles. The molecular weight excluding hydrogens is 330 g/mol. The minimum atomic E-state index is -0.622. The predicted octanol–water partition coefficient (Wildman–Crippen LogP) is 2.85. The van der Waals surface area contributed by atoms with Gasteiger partial charge in [-0.25, -0.2) is 4.79 Å². The van der Waals surface area contributed by atoms with Gasteiger partial charge in [0.1, 0.15) is 5.75 Å². The number of hydrogen-bond acceptors (Lipinski definition) is 3. The van der Waals surface area contributed by atoms with E-state index in [0.29, 0.717) is 25.2 Å². The molecule has 6 nitrogen and oxygen atoms in total. The van der Waals surface area contributed by atoms with Gasteiger partial charge in [-0.05, 0) is 42.3 Å². The van der Waals surface area contributed by atoms with E-state index in [0.717, 1.165) is 17.0 Å². The Morgan fingerprint density at radius 1 is 1.15 bits per heavy atom. The monoisotopic (exact) mass is 351 g/mol. The van der Waals surface area contributed by atoms with Crippen LogP contribution in [0.3, 0.4) is 0 Å². The highest BCUT2D eigenvalue weighted by Gasteiger charge is 2.54. The first-order valence-corrected chi connectivity index (χ1v) is 8.63. The number of methoxy groups -OCH3 is 1. The smallest absolute Gasteiger partial charge is 0.321 e. The summed E-state index contributed by atoms with van der Waals surface area (Å²) < 4.78 is 5.13. The first kappa shape index (κ1) is 16.4. The lowest BCUT2D eigenvalue weighted by Gasteiger charge is -2.23. The van der Waals surface area contributed by atoms with E-state index in [1.54, 1.807) is 48.2 Å². The molecule has 1 spiro atoms. The lowest BCUT2D eigenvalue weighted by Crippen LogP contribution is -2.42. The zero-order valence-electron chi connectivity index (χ0n) is 14.9. The van der Waals surface area contributed by atoms with Crippen LogP contribution in [0.25, 0.3) is 0 Å². The van der Waals surface area contributed by atoms with Gasteiger partial charge >= 0.3 is 6.03 Å². The second-order valence-corrected chi connectivity index (χ2v) is 6.79. The van der Waals surface area contributed by atoms with E-state index < -0.39 is 5.41 Å². The van der Waals surface area contributed by atoms with E-state index in [4.69, 9.17) is 4.74 Å². The van der Waals surface area contributed by atoms with Crippen LogP contribution >= 0.6 is 0 Å². The molecule has 3 amide bonds. The van der Waals surface area contributed by atoms with E-state index >= 15 is 0 Å². The van der Waals surface area contributed by atoms with Crippen LogP contribution in [0.4, 0.5) is 16.2 Å². The number of urea groups is 1. The standard InChI is InChI=1S/C20H21N3O3/c1-22-17-6-4-3-5-16(17)20(18(22)24)11-12-23(13-20)19(25)21-14-7-9-15(26-2)10-8-14/h3-10H,11-13H2,1-2H3,(H,21,25)/t20-/m0/s1. The number of anilines is 2. The summed E-state index contributed by atoms with van der Waals surface area (Å²) in [5.41, 5.74) is 2.04. The van der Waals surface area contributed by atoms with Crippen molar-refractivity contribution in [1.29, 1.82) is 0 Å². The Balaban J connectivity index is 1.53. The number of nitrogens with zero attached hydrogens (tertiary/aromatic N) is 2. The van der Waals surface area contributed by atoms with Crippen molar-refractivity contribution in [2.24, 2.45) is 0 Å². The van der Waals surface area contributed by atoms with Crippen LogP contribution in [0.15, 0.2) is 48.5 Å². The first-order chi connectivity index (χ1) is 12.5. The Morgan fingerprint density at radius 3 is 2.62 bits per heavy atom. The molecule has 2 aliphatic rings. The Bertz CT molecular complexity index is 865. The van der Waals surface area contributed by atoms with Crippen molar-refractivity contribution >= 4 is 23.3 Å². The van der Waals surface area contributed by atoms with Crippen molar-refractivity contribution < 1.29 is 14.3 Å². The fourth-order valence-corrected chi connectivity index (χ4v) is 3.97. The second kappa shape index (κ2) is 6.05. The van der Waals surface area contributed by atoms with Gasteiger partial charge in [-0.15, -0.1) is 0 Å². The molecule has 26 heavy (non-hydrogen) atoms. The molecule has 0 radical (unpaired) electrons. The third kappa shape index (κ3) is 2.41. The molecule has 2 aliphatic heterocycles. The van der Waals surface area contributed by atoms with Crippen LogP contribution in [0.1, 0.15) is 12.0 Å². The maximum atomic E-state index is 12.9. The number of fused-ring (bicyclic) bond motifs is 2. The Morgan fingerprint density at radius 2 is 1.88 bits per heavy atom. The van der Waals surface area contributed by atoms with E-state index in [9.17, 15) is 9.59 Å². The topological polar surface area (TPSA) is 61.9 Å². The molecule has 0 bridgehead atoms. The molecule has 1 saturated heterocycles. The molecule has 1 N–H and O–H groups in total. The summed E-state index contributed by atoms with van der Waals surface area (Å²) >= 11 is 0. The molecular formula is C20H21N3O3. The van der Waals surface area contributed by atoms with Gasteiger partial charge in [0.25, 0.3) is 0 Å². The van der Waals surface area contributed by atoms with Gasteiger partial charge in [-0.2, -0.15) is 0 Å². The molecule has 2 heterocycles. The molecule has 0 aromatic heterocycles. The number of likely N-dealkylation sites (N-methyl/N-ethyl adjacent to an activating group) is 1. The summed E-state index contributed by atoms with van der Waals surface area (Å²) in [7, 11) is 3.40. The van der Waals surface area contributed by atoms with Crippen LogP contribution in [0.2, 0.25) is 0 Å². The number of likely N-dealkylation sites (tertiary alicyclic amines) is 1. The van der Waals surface area contributed by atoms with E-state index in [2.05, 4.69) is 5.32 Å². The van der Waals surface area contributed by atoms with Crippen molar-refractivity contribution in [3.8, 4) is 5.75 Å². The number of amides is 3. The highest BCUT2D eigenvalue weighted by Crippen LogP contribution is 2.46. The SMILES string of the molecule is COc1ccc(NC(=O)N2CC[C@@]3(C2)C(=O)N(C)c2ccccc23)cc1. The molecule has 2 aromatic rings. The summed E-state index contributed by atoms with van der Waals surface area (Å²) in [6.07, 6.45) is 0.642. The molecule has 0 unspecified atom stereocenters. The third-order valence-corrected chi connectivity index (χ3v) is 5.39. The van der Waals surface area contributed by atoms with Gasteiger partial charge < -0.3 is 19.9 Å². The molecule has 4 rings (SSSR count). The summed E-state index contributed by atoms with van der Waals surface area (Å²) in [6, 6.07) is 14.9. The molecule has 6 heteroatoms. The number of ether oxygens (including phenoxy) is 1. The molecule has 134 valence electrons. The summed E-state index contributed by atoms with van der Waals surface area (Å²) in [5, 5.41) is 2.90. The minimum absolute atomic E-state index is 0.0680. The summed E-state index contributed by atoms with van der Waals surface area (Å²) in [6.45, 7) is 0.949. The number of hydrogen-bond donors (Lipinski definition) is 1. The van der Waals surface area contributed by atoms with Crippen molar-refractivity contribution in [2.45, 2.75) is 11.8 Å². The van der Waals surface area contributed by atoms with Crippen molar-refractivity contribution in [1.82, 2.24) is 4.90 Å². The van der Waals surface area contributed by atoms with Crippen LogP contribution in [-0.4, -0.2) is 44.1 Å². The number of nitrogens with one attached hydrogen (secondary N) is 1. The van der Waals surface area contributed by atoms with Gasteiger partial charge in [-0.3, -0.25) is 4.79 Å².